The first-order valence-corrected chi connectivity index (χ1v) is 6.24. The highest BCUT2D eigenvalue weighted by Crippen LogP contribution is 2.54. The van der Waals surface area contributed by atoms with Gasteiger partial charge in [0.2, 0.25) is 0 Å². The quantitative estimate of drug-likeness (QED) is 0.620. The van der Waals surface area contributed by atoms with Crippen LogP contribution in [0.4, 0.5) is 0 Å². The van der Waals surface area contributed by atoms with Gasteiger partial charge in [-0.15, -0.1) is 0 Å². The van der Waals surface area contributed by atoms with Gasteiger partial charge in [0, 0.05) is 12.8 Å². The molecule has 0 aromatic rings. The van der Waals surface area contributed by atoms with Crippen molar-refractivity contribution in [3.8, 4) is 0 Å². The number of rotatable bonds is 0. The van der Waals surface area contributed by atoms with Gasteiger partial charge in [0.1, 0.15) is 0 Å². The largest absolute Gasteiger partial charge is 0.365 e. The van der Waals surface area contributed by atoms with Crippen molar-refractivity contribution in [2.24, 2.45) is 5.92 Å². The molecule has 84 valence electrons. The number of aliphatic hydroxyl groups is 1. The fraction of sp³-hybridized carbons (Fsp3) is 0.846. The van der Waals surface area contributed by atoms with Crippen LogP contribution in [-0.2, 0) is 4.74 Å². The van der Waals surface area contributed by atoms with Gasteiger partial charge in [0.25, 0.3) is 0 Å². The average Bonchev–Trinajstić information content (AvgIpc) is 2.56. The molecule has 2 heteroatoms. The van der Waals surface area contributed by atoms with Crippen molar-refractivity contribution in [2.75, 3.05) is 0 Å². The average molecular weight is 208 g/mol. The molecule has 3 rings (SSSR count). The summed E-state index contributed by atoms with van der Waals surface area (Å²) in [4.78, 5) is 0. The first kappa shape index (κ1) is 9.86. The third-order valence-electron chi connectivity index (χ3n) is 4.67. The van der Waals surface area contributed by atoms with Crippen LogP contribution in [0.5, 0.6) is 0 Å². The predicted octanol–water partition coefficient (Wildman–Crippen LogP) is 2.76. The maximum Gasteiger partial charge on any atom is 0.166 e. The fourth-order valence-corrected chi connectivity index (χ4v) is 3.81. The summed E-state index contributed by atoms with van der Waals surface area (Å²) >= 11 is 0. The Morgan fingerprint density at radius 2 is 2.20 bits per heavy atom. The molecular weight excluding hydrogens is 188 g/mol. The molecule has 2 aliphatic heterocycles. The molecule has 2 heterocycles. The summed E-state index contributed by atoms with van der Waals surface area (Å²) in [6.07, 6.45) is 9.66. The molecule has 0 aromatic heterocycles. The van der Waals surface area contributed by atoms with E-state index in [1.54, 1.807) is 0 Å². The van der Waals surface area contributed by atoms with Crippen molar-refractivity contribution in [3.05, 3.63) is 11.6 Å². The Labute approximate surface area is 91.3 Å². The lowest BCUT2D eigenvalue weighted by molar-refractivity contribution is -0.290. The summed E-state index contributed by atoms with van der Waals surface area (Å²) in [6, 6.07) is 0. The van der Waals surface area contributed by atoms with Crippen LogP contribution in [0.3, 0.4) is 0 Å². The van der Waals surface area contributed by atoms with E-state index in [-0.39, 0.29) is 5.60 Å². The maximum atomic E-state index is 10.4. The molecule has 1 spiro atoms. The van der Waals surface area contributed by atoms with Crippen molar-refractivity contribution in [1.29, 1.82) is 0 Å². The summed E-state index contributed by atoms with van der Waals surface area (Å²) in [5, 5.41) is 10.4. The summed E-state index contributed by atoms with van der Waals surface area (Å²) in [6.45, 7) is 2.19. The van der Waals surface area contributed by atoms with Crippen LogP contribution in [0, 0.1) is 5.92 Å². The van der Waals surface area contributed by atoms with Crippen LogP contribution in [0.25, 0.3) is 0 Å². The minimum absolute atomic E-state index is 0.0938. The Morgan fingerprint density at radius 3 is 3.07 bits per heavy atom. The minimum atomic E-state index is -0.824. The number of ether oxygens (including phenoxy) is 1. The van der Waals surface area contributed by atoms with E-state index in [2.05, 4.69) is 13.0 Å². The van der Waals surface area contributed by atoms with Crippen LogP contribution >= 0.6 is 0 Å². The van der Waals surface area contributed by atoms with E-state index in [0.29, 0.717) is 5.92 Å². The molecule has 0 aromatic carbocycles. The number of hydrogen-bond acceptors (Lipinski definition) is 2. The molecule has 2 fully saturated rings. The Morgan fingerprint density at radius 1 is 1.33 bits per heavy atom. The van der Waals surface area contributed by atoms with Gasteiger partial charge < -0.3 is 9.84 Å². The minimum Gasteiger partial charge on any atom is -0.365 e. The Kier molecular flexibility index (Phi) is 2.02. The van der Waals surface area contributed by atoms with Crippen LogP contribution in [0.1, 0.15) is 51.9 Å². The third-order valence-corrected chi connectivity index (χ3v) is 4.67. The summed E-state index contributed by atoms with van der Waals surface area (Å²) in [5.41, 5.74) is 1.28. The van der Waals surface area contributed by atoms with Crippen LogP contribution in [-0.4, -0.2) is 16.5 Å². The lowest BCUT2D eigenvalue weighted by Gasteiger charge is -2.47. The van der Waals surface area contributed by atoms with Crippen LogP contribution in [0.2, 0.25) is 0 Å². The van der Waals surface area contributed by atoms with E-state index in [9.17, 15) is 5.11 Å². The lowest BCUT2D eigenvalue weighted by atomic mass is 9.78. The third kappa shape index (κ3) is 1.31. The molecule has 3 atom stereocenters. The molecule has 1 N–H and O–H groups in total. The summed E-state index contributed by atoms with van der Waals surface area (Å²) in [5.74, 6) is -0.165. The summed E-state index contributed by atoms with van der Waals surface area (Å²) < 4.78 is 6.15. The second kappa shape index (κ2) is 3.08. The van der Waals surface area contributed by atoms with E-state index in [4.69, 9.17) is 4.74 Å². The standard InChI is InChI=1S/C13H20O2/c1-10-4-2-7-12(14)9-6-11-5-3-8-13(10,11)15-12/h4,11,14H,2-3,5-9H2,1H3/t11-,12-,13+/m0/s1. The van der Waals surface area contributed by atoms with E-state index in [1.807, 2.05) is 0 Å². The van der Waals surface area contributed by atoms with E-state index in [0.717, 1.165) is 32.1 Å². The van der Waals surface area contributed by atoms with E-state index >= 15 is 0 Å². The second-order valence-corrected chi connectivity index (χ2v) is 5.49. The number of allylic oxidation sites excluding steroid dienone is 1. The van der Waals surface area contributed by atoms with Gasteiger partial charge in [-0.2, -0.15) is 0 Å². The Hall–Kier alpha value is -0.340. The molecule has 0 amide bonds. The van der Waals surface area contributed by atoms with Gasteiger partial charge >= 0.3 is 0 Å². The molecule has 0 radical (unpaired) electrons. The zero-order chi connectivity index (χ0) is 10.5. The van der Waals surface area contributed by atoms with Crippen molar-refractivity contribution in [1.82, 2.24) is 0 Å². The highest BCUT2D eigenvalue weighted by atomic mass is 16.6. The molecule has 0 unspecified atom stereocenters. The molecule has 15 heavy (non-hydrogen) atoms. The Balaban J connectivity index is 2.03. The zero-order valence-electron chi connectivity index (χ0n) is 9.46. The first-order valence-electron chi connectivity index (χ1n) is 6.24. The van der Waals surface area contributed by atoms with Gasteiger partial charge in [0.15, 0.2) is 5.79 Å². The van der Waals surface area contributed by atoms with Crippen molar-refractivity contribution in [2.45, 2.75) is 63.3 Å². The molecule has 2 nitrogen and oxygen atoms in total. The molecule has 2 bridgehead atoms. The molecule has 3 aliphatic rings. The van der Waals surface area contributed by atoms with Gasteiger partial charge in [-0.3, -0.25) is 0 Å². The molecule has 1 saturated heterocycles. The molecule has 1 aliphatic carbocycles. The SMILES string of the molecule is CC1=CCC[C@@]2(O)CC[C@@H]3CCC[C@@]13O2. The maximum absolute atomic E-state index is 10.4. The first-order chi connectivity index (χ1) is 7.15. The van der Waals surface area contributed by atoms with E-state index in [1.165, 1.54) is 18.4 Å². The van der Waals surface area contributed by atoms with Gasteiger partial charge in [-0.1, -0.05) is 6.08 Å². The summed E-state index contributed by atoms with van der Waals surface area (Å²) in [7, 11) is 0. The number of fused-ring (bicyclic) bond motifs is 1. The fourth-order valence-electron chi connectivity index (χ4n) is 3.81. The normalized spacial score (nSPS) is 49.5. The van der Waals surface area contributed by atoms with Crippen LogP contribution in [0.15, 0.2) is 11.6 Å². The lowest BCUT2D eigenvalue weighted by Crippen LogP contribution is -2.51. The van der Waals surface area contributed by atoms with Gasteiger partial charge in [-0.25, -0.2) is 0 Å². The molecule has 1 saturated carbocycles. The van der Waals surface area contributed by atoms with Gasteiger partial charge in [-0.05, 0) is 50.5 Å². The smallest absolute Gasteiger partial charge is 0.166 e. The Bertz CT molecular complexity index is 310. The van der Waals surface area contributed by atoms with Crippen molar-refractivity contribution < 1.29 is 9.84 Å². The van der Waals surface area contributed by atoms with Crippen molar-refractivity contribution in [3.63, 3.8) is 0 Å². The number of hydrogen-bond donors (Lipinski definition) is 1. The van der Waals surface area contributed by atoms with Crippen LogP contribution < -0.4 is 0 Å². The highest BCUT2D eigenvalue weighted by molar-refractivity contribution is 5.23. The van der Waals surface area contributed by atoms with Crippen molar-refractivity contribution >= 4 is 0 Å². The second-order valence-electron chi connectivity index (χ2n) is 5.49. The van der Waals surface area contributed by atoms with Gasteiger partial charge in [0.05, 0.1) is 5.60 Å². The van der Waals surface area contributed by atoms with E-state index < -0.39 is 5.79 Å². The predicted molar refractivity (Wildman–Crippen MR) is 58.3 cm³/mol. The zero-order valence-corrected chi connectivity index (χ0v) is 9.46. The topological polar surface area (TPSA) is 29.5 Å². The highest BCUT2D eigenvalue weighted by Gasteiger charge is 2.54. The monoisotopic (exact) mass is 208 g/mol. The molecular formula is C13H20O2.